The molecule has 1 aliphatic rings. The molecule has 184 valence electrons. The average Bonchev–Trinajstić information content (AvgIpc) is 3.42. The Morgan fingerprint density at radius 2 is 1.88 bits per heavy atom. The van der Waals surface area contributed by atoms with E-state index in [1.165, 1.54) is 0 Å². The van der Waals surface area contributed by atoms with Crippen LogP contribution in [0.4, 0.5) is 13.2 Å². The van der Waals surface area contributed by atoms with Crippen molar-refractivity contribution in [1.82, 2.24) is 29.3 Å². The minimum absolute atomic E-state index is 0.00235. The number of alkyl halides is 3. The van der Waals surface area contributed by atoms with Crippen molar-refractivity contribution >= 4 is 17.5 Å². The lowest BCUT2D eigenvalue weighted by Crippen LogP contribution is -2.39. The van der Waals surface area contributed by atoms with Gasteiger partial charge in [0.2, 0.25) is 0 Å². The number of rotatable bonds is 5. The van der Waals surface area contributed by atoms with Crippen molar-refractivity contribution in [2.24, 2.45) is 5.92 Å². The highest BCUT2D eigenvalue weighted by atomic mass is 19.4. The van der Waals surface area contributed by atoms with Crippen LogP contribution in [-0.2, 0) is 17.8 Å². The van der Waals surface area contributed by atoms with Crippen LogP contribution in [0.1, 0.15) is 34.6 Å². The first-order valence-electron chi connectivity index (χ1n) is 10.6. The van der Waals surface area contributed by atoms with Crippen LogP contribution < -0.4 is 0 Å². The average molecular weight is 482 g/mol. The quantitative estimate of drug-likeness (QED) is 0.569. The van der Waals surface area contributed by atoms with Crippen molar-refractivity contribution in [3.63, 3.8) is 0 Å². The molecule has 0 saturated carbocycles. The van der Waals surface area contributed by atoms with E-state index in [2.05, 4.69) is 15.3 Å². The highest BCUT2D eigenvalue weighted by Crippen LogP contribution is 2.21. The van der Waals surface area contributed by atoms with Crippen molar-refractivity contribution in [2.75, 3.05) is 19.7 Å². The molecule has 0 aromatic carbocycles. The van der Waals surface area contributed by atoms with Crippen LogP contribution in [0.5, 0.6) is 0 Å². The summed E-state index contributed by atoms with van der Waals surface area (Å²) in [6.07, 6.45) is 2.95. The molecule has 1 amide bonds. The number of imidazole rings is 1. The van der Waals surface area contributed by atoms with Crippen molar-refractivity contribution < 1.29 is 33.0 Å². The van der Waals surface area contributed by atoms with Crippen LogP contribution in [0.3, 0.4) is 0 Å². The molecule has 0 unspecified atom stereocenters. The van der Waals surface area contributed by atoms with Crippen LogP contribution in [0, 0.1) is 12.8 Å². The molecule has 4 rings (SSSR count). The Hall–Kier alpha value is -3.48. The van der Waals surface area contributed by atoms with Gasteiger partial charge in [0.25, 0.3) is 5.91 Å². The summed E-state index contributed by atoms with van der Waals surface area (Å²) < 4.78 is 35.5. The fourth-order valence-corrected chi connectivity index (χ4v) is 3.66. The number of carboxylic acid groups (broad SMARTS) is 1. The number of hydrogen-bond acceptors (Lipinski definition) is 6. The fourth-order valence-electron chi connectivity index (χ4n) is 3.66. The maximum atomic E-state index is 12.8. The maximum Gasteiger partial charge on any atom is 0.490 e. The molecule has 1 aliphatic heterocycles. The van der Waals surface area contributed by atoms with Gasteiger partial charge in [0.15, 0.2) is 0 Å². The molecule has 13 heteroatoms. The lowest BCUT2D eigenvalue weighted by molar-refractivity contribution is -0.192. The number of fused-ring (bicyclic) bond motifs is 1. The number of aryl methyl sites for hydroxylation is 1. The molecule has 3 aromatic heterocycles. The molecule has 34 heavy (non-hydrogen) atoms. The van der Waals surface area contributed by atoms with Gasteiger partial charge in [0.1, 0.15) is 11.3 Å². The molecule has 0 radical (unpaired) electrons. The summed E-state index contributed by atoms with van der Waals surface area (Å²) in [5, 5.41) is 24.3. The molecule has 10 nitrogen and oxygen atoms in total. The Labute approximate surface area is 192 Å². The van der Waals surface area contributed by atoms with E-state index in [1.54, 1.807) is 0 Å². The molecule has 0 bridgehead atoms. The topological polar surface area (TPSA) is 126 Å². The highest BCUT2D eigenvalue weighted by Gasteiger charge is 2.38. The summed E-state index contributed by atoms with van der Waals surface area (Å²) in [6, 6.07) is 3.96. The summed E-state index contributed by atoms with van der Waals surface area (Å²) in [4.78, 5) is 28.1. The van der Waals surface area contributed by atoms with E-state index in [9.17, 15) is 18.0 Å². The number of carbonyl (C=O) groups is 2. The standard InChI is InChI=1S/C19H24N6O2.C2HF3O2/c1-14-3-2-7-24-13-17(20-18(14)24)19(27)23-8-4-15(5-9-23)11-25-12-16(6-10-26)21-22-25;3-2(4,5)1(6)7/h2-3,7,12-13,15,26H,4-6,8-11H2,1H3;(H,6,7). The zero-order valence-corrected chi connectivity index (χ0v) is 18.4. The number of amides is 1. The summed E-state index contributed by atoms with van der Waals surface area (Å²) >= 11 is 0. The van der Waals surface area contributed by atoms with Crippen molar-refractivity contribution in [3.8, 4) is 0 Å². The van der Waals surface area contributed by atoms with E-state index < -0.39 is 12.1 Å². The minimum atomic E-state index is -5.08. The predicted molar refractivity (Wildman–Crippen MR) is 113 cm³/mol. The number of aromatic nitrogens is 5. The Balaban J connectivity index is 0.000000406. The first-order chi connectivity index (χ1) is 16.1. The lowest BCUT2D eigenvalue weighted by atomic mass is 9.96. The maximum absolute atomic E-state index is 12.8. The number of hydrogen-bond donors (Lipinski definition) is 2. The summed E-state index contributed by atoms with van der Waals surface area (Å²) in [5.41, 5.74) is 3.21. The summed E-state index contributed by atoms with van der Waals surface area (Å²) in [5.74, 6) is -2.28. The Morgan fingerprint density at radius 1 is 1.21 bits per heavy atom. The van der Waals surface area contributed by atoms with E-state index in [0.717, 1.165) is 49.4 Å². The fraction of sp³-hybridized carbons (Fsp3) is 0.476. The van der Waals surface area contributed by atoms with Crippen molar-refractivity contribution in [1.29, 1.82) is 0 Å². The third-order valence-electron chi connectivity index (χ3n) is 5.44. The third-order valence-corrected chi connectivity index (χ3v) is 5.44. The van der Waals surface area contributed by atoms with Crippen LogP contribution in [0.2, 0.25) is 0 Å². The van der Waals surface area contributed by atoms with Crippen LogP contribution in [0.25, 0.3) is 5.65 Å². The van der Waals surface area contributed by atoms with Crippen LogP contribution in [-0.4, -0.2) is 77.2 Å². The Bertz CT molecular complexity index is 1140. The second-order valence-corrected chi connectivity index (χ2v) is 7.99. The minimum Gasteiger partial charge on any atom is -0.475 e. The molecule has 0 spiro atoms. The molecular weight excluding hydrogens is 457 g/mol. The Morgan fingerprint density at radius 3 is 2.47 bits per heavy atom. The van der Waals surface area contributed by atoms with E-state index in [0.29, 0.717) is 18.0 Å². The lowest BCUT2D eigenvalue weighted by Gasteiger charge is -2.31. The number of pyridine rings is 1. The zero-order valence-electron chi connectivity index (χ0n) is 18.4. The summed E-state index contributed by atoms with van der Waals surface area (Å²) in [6.45, 7) is 4.34. The van der Waals surface area contributed by atoms with E-state index in [-0.39, 0.29) is 12.5 Å². The number of likely N-dealkylation sites (tertiary alicyclic amines) is 1. The van der Waals surface area contributed by atoms with E-state index in [1.807, 2.05) is 51.6 Å². The Kier molecular flexibility index (Phi) is 7.87. The molecule has 1 saturated heterocycles. The van der Waals surface area contributed by atoms with Gasteiger partial charge in [0.05, 0.1) is 5.69 Å². The largest absolute Gasteiger partial charge is 0.490 e. The number of piperidine rings is 1. The predicted octanol–water partition coefficient (Wildman–Crippen LogP) is 1.95. The van der Waals surface area contributed by atoms with Gasteiger partial charge in [-0.2, -0.15) is 13.2 Å². The van der Waals surface area contributed by atoms with Crippen molar-refractivity contribution in [3.05, 3.63) is 47.7 Å². The zero-order chi connectivity index (χ0) is 24.9. The highest BCUT2D eigenvalue weighted by molar-refractivity contribution is 5.93. The van der Waals surface area contributed by atoms with E-state index >= 15 is 0 Å². The van der Waals surface area contributed by atoms with Gasteiger partial charge in [-0.3, -0.25) is 9.48 Å². The molecule has 0 aliphatic carbocycles. The van der Waals surface area contributed by atoms with Crippen LogP contribution >= 0.6 is 0 Å². The second-order valence-electron chi connectivity index (χ2n) is 7.99. The van der Waals surface area contributed by atoms with Gasteiger partial charge in [-0.25, -0.2) is 9.78 Å². The first-order valence-corrected chi connectivity index (χ1v) is 10.6. The number of carbonyl (C=O) groups excluding carboxylic acids is 1. The SMILES string of the molecule is Cc1cccn2cc(C(=O)N3CCC(Cn4cc(CCO)nn4)CC3)nc12.O=C(O)C(F)(F)F. The molecule has 0 atom stereocenters. The van der Waals surface area contributed by atoms with Gasteiger partial charge in [-0.05, 0) is 37.3 Å². The number of halogens is 3. The van der Waals surface area contributed by atoms with Crippen molar-refractivity contribution in [2.45, 2.75) is 38.9 Å². The van der Waals surface area contributed by atoms with Gasteiger partial charge >= 0.3 is 12.1 Å². The number of aliphatic carboxylic acids is 1. The third kappa shape index (κ3) is 6.31. The second kappa shape index (κ2) is 10.6. The first kappa shape index (κ1) is 25.1. The normalized spacial score (nSPS) is 14.7. The molecule has 4 heterocycles. The number of carboxylic acids is 1. The van der Waals surface area contributed by atoms with E-state index in [4.69, 9.17) is 15.0 Å². The molecule has 3 aromatic rings. The smallest absolute Gasteiger partial charge is 0.475 e. The molecule has 2 N–H and O–H groups in total. The number of aliphatic hydroxyl groups is 1. The number of aliphatic hydroxyl groups excluding tert-OH is 1. The number of nitrogens with zero attached hydrogens (tertiary/aromatic N) is 6. The van der Waals surface area contributed by atoms with Gasteiger partial charge in [-0.15, -0.1) is 5.10 Å². The van der Waals surface area contributed by atoms with Gasteiger partial charge in [-0.1, -0.05) is 11.3 Å². The monoisotopic (exact) mass is 482 g/mol. The molecular formula is C21H25F3N6O4. The molecule has 1 fully saturated rings. The van der Waals surface area contributed by atoms with Gasteiger partial charge < -0.3 is 19.5 Å². The summed E-state index contributed by atoms with van der Waals surface area (Å²) in [7, 11) is 0. The van der Waals surface area contributed by atoms with Gasteiger partial charge in [0, 0.05) is 51.3 Å². The van der Waals surface area contributed by atoms with Crippen LogP contribution in [0.15, 0.2) is 30.7 Å².